The Hall–Kier alpha value is -1.58. The summed E-state index contributed by atoms with van der Waals surface area (Å²) in [6.07, 6.45) is 9.46. The molecule has 0 spiro atoms. The summed E-state index contributed by atoms with van der Waals surface area (Å²) in [6.45, 7) is 2.27. The molecule has 1 N–H and O–H groups in total. The van der Waals surface area contributed by atoms with Crippen molar-refractivity contribution in [1.29, 1.82) is 0 Å². The van der Waals surface area contributed by atoms with Crippen LogP contribution in [-0.4, -0.2) is 35.9 Å². The monoisotopic (exact) mass is 289 g/mol. The highest BCUT2D eigenvalue weighted by Crippen LogP contribution is 2.29. The number of nitrogens with zero attached hydrogens (tertiary/aromatic N) is 2. The van der Waals surface area contributed by atoms with E-state index in [1.807, 2.05) is 12.1 Å². The molecule has 4 nitrogen and oxygen atoms in total. The second kappa shape index (κ2) is 7.43. The number of amides is 1. The van der Waals surface area contributed by atoms with Crippen LogP contribution in [0.2, 0.25) is 0 Å². The lowest BCUT2D eigenvalue weighted by Crippen LogP contribution is -2.27. The minimum atomic E-state index is -0.0506. The van der Waals surface area contributed by atoms with Crippen molar-refractivity contribution >= 4 is 11.6 Å². The summed E-state index contributed by atoms with van der Waals surface area (Å²) in [6, 6.07) is 4.34. The van der Waals surface area contributed by atoms with Gasteiger partial charge in [-0.05, 0) is 43.7 Å². The Morgan fingerprint density at radius 1 is 1.33 bits per heavy atom. The summed E-state index contributed by atoms with van der Waals surface area (Å²) < 4.78 is 0. The third-order valence-corrected chi connectivity index (χ3v) is 4.30. The average molecular weight is 289 g/mol. The summed E-state index contributed by atoms with van der Waals surface area (Å²) in [5.74, 6) is 0.863. The summed E-state index contributed by atoms with van der Waals surface area (Å²) in [5.41, 5.74) is 1.51. The molecular formula is C17H27N3O. The van der Waals surface area contributed by atoms with E-state index >= 15 is 0 Å². The summed E-state index contributed by atoms with van der Waals surface area (Å²) in [5, 5.41) is 3.57. The van der Waals surface area contributed by atoms with Gasteiger partial charge in [-0.1, -0.05) is 19.8 Å². The van der Waals surface area contributed by atoms with Crippen LogP contribution in [0, 0.1) is 5.92 Å². The van der Waals surface area contributed by atoms with Gasteiger partial charge in [0.25, 0.3) is 5.91 Å². The first-order chi connectivity index (χ1) is 10.1. The number of hydrogen-bond acceptors (Lipinski definition) is 3. The number of carbonyl (C=O) groups is 1. The van der Waals surface area contributed by atoms with Gasteiger partial charge in [-0.2, -0.15) is 0 Å². The molecule has 1 aromatic heterocycles. The van der Waals surface area contributed by atoms with Gasteiger partial charge in [0.1, 0.15) is 5.69 Å². The van der Waals surface area contributed by atoms with E-state index in [2.05, 4.69) is 17.2 Å². The fraction of sp³-hybridized carbons (Fsp3) is 0.647. The number of anilines is 1. The van der Waals surface area contributed by atoms with E-state index in [-0.39, 0.29) is 5.91 Å². The van der Waals surface area contributed by atoms with Crippen molar-refractivity contribution in [3.8, 4) is 0 Å². The van der Waals surface area contributed by atoms with Crippen LogP contribution in [0.3, 0.4) is 0 Å². The molecule has 1 saturated carbocycles. The SMILES string of the molecule is CCCC1CCC(Nc2ccnc(C(=O)N(C)C)c2)CC1. The molecule has 0 radical (unpaired) electrons. The molecular weight excluding hydrogens is 262 g/mol. The first kappa shape index (κ1) is 15.8. The predicted octanol–water partition coefficient (Wildman–Crippen LogP) is 3.55. The lowest BCUT2D eigenvalue weighted by molar-refractivity contribution is 0.0822. The summed E-state index contributed by atoms with van der Waals surface area (Å²) >= 11 is 0. The van der Waals surface area contributed by atoms with Gasteiger partial charge in [0.05, 0.1) is 0 Å². The van der Waals surface area contributed by atoms with Gasteiger partial charge in [-0.3, -0.25) is 9.78 Å². The van der Waals surface area contributed by atoms with E-state index in [4.69, 9.17) is 0 Å². The van der Waals surface area contributed by atoms with Crippen molar-refractivity contribution < 1.29 is 4.79 Å². The number of aromatic nitrogens is 1. The van der Waals surface area contributed by atoms with Gasteiger partial charge in [0.2, 0.25) is 0 Å². The molecule has 0 aromatic carbocycles. The zero-order valence-corrected chi connectivity index (χ0v) is 13.4. The first-order valence-electron chi connectivity index (χ1n) is 8.04. The van der Waals surface area contributed by atoms with Gasteiger partial charge in [-0.25, -0.2) is 0 Å². The van der Waals surface area contributed by atoms with E-state index in [1.54, 1.807) is 25.2 Å². The second-order valence-electron chi connectivity index (χ2n) is 6.28. The lowest BCUT2D eigenvalue weighted by atomic mass is 9.83. The van der Waals surface area contributed by atoms with E-state index in [0.717, 1.165) is 11.6 Å². The van der Waals surface area contributed by atoms with Crippen LogP contribution < -0.4 is 5.32 Å². The van der Waals surface area contributed by atoms with Crippen molar-refractivity contribution in [2.45, 2.75) is 51.5 Å². The molecule has 2 rings (SSSR count). The van der Waals surface area contributed by atoms with Gasteiger partial charge in [-0.15, -0.1) is 0 Å². The molecule has 1 aliphatic rings. The molecule has 0 saturated heterocycles. The molecule has 0 aliphatic heterocycles. The van der Waals surface area contributed by atoms with Crippen molar-refractivity contribution in [1.82, 2.24) is 9.88 Å². The van der Waals surface area contributed by atoms with Gasteiger partial charge in [0.15, 0.2) is 0 Å². The van der Waals surface area contributed by atoms with E-state index in [1.165, 1.54) is 38.5 Å². The number of nitrogens with one attached hydrogen (secondary N) is 1. The Kier molecular flexibility index (Phi) is 5.59. The zero-order valence-electron chi connectivity index (χ0n) is 13.4. The minimum absolute atomic E-state index is 0.0506. The van der Waals surface area contributed by atoms with Gasteiger partial charge in [0, 0.05) is 32.0 Å². The maximum absolute atomic E-state index is 11.9. The quantitative estimate of drug-likeness (QED) is 0.901. The average Bonchev–Trinajstić information content (AvgIpc) is 2.49. The normalized spacial score (nSPS) is 21.9. The molecule has 0 atom stereocenters. The highest BCUT2D eigenvalue weighted by molar-refractivity contribution is 5.92. The van der Waals surface area contributed by atoms with Crippen LogP contribution in [-0.2, 0) is 0 Å². The second-order valence-corrected chi connectivity index (χ2v) is 6.28. The maximum Gasteiger partial charge on any atom is 0.272 e. The lowest BCUT2D eigenvalue weighted by Gasteiger charge is -2.29. The third-order valence-electron chi connectivity index (χ3n) is 4.30. The molecule has 0 unspecified atom stereocenters. The number of carbonyl (C=O) groups excluding carboxylic acids is 1. The smallest absolute Gasteiger partial charge is 0.272 e. The molecule has 1 heterocycles. The molecule has 0 bridgehead atoms. The topological polar surface area (TPSA) is 45.2 Å². The van der Waals surface area contributed by atoms with Gasteiger partial charge < -0.3 is 10.2 Å². The molecule has 1 fully saturated rings. The van der Waals surface area contributed by atoms with Crippen LogP contribution in [0.15, 0.2) is 18.3 Å². The van der Waals surface area contributed by atoms with Crippen LogP contribution in [0.1, 0.15) is 55.9 Å². The summed E-state index contributed by atoms with van der Waals surface area (Å²) in [7, 11) is 3.50. The molecule has 1 aliphatic carbocycles. The third kappa shape index (κ3) is 4.45. The van der Waals surface area contributed by atoms with E-state index in [0.29, 0.717) is 11.7 Å². The first-order valence-corrected chi connectivity index (χ1v) is 8.04. The molecule has 1 aromatic rings. The predicted molar refractivity (Wildman–Crippen MR) is 86.5 cm³/mol. The van der Waals surface area contributed by atoms with E-state index in [9.17, 15) is 4.79 Å². The molecule has 1 amide bonds. The van der Waals surface area contributed by atoms with Crippen LogP contribution >= 0.6 is 0 Å². The molecule has 4 heteroatoms. The Morgan fingerprint density at radius 2 is 2.05 bits per heavy atom. The maximum atomic E-state index is 11.9. The van der Waals surface area contributed by atoms with Crippen LogP contribution in [0.5, 0.6) is 0 Å². The van der Waals surface area contributed by atoms with Crippen molar-refractivity contribution in [3.05, 3.63) is 24.0 Å². The van der Waals surface area contributed by atoms with E-state index < -0.39 is 0 Å². The summed E-state index contributed by atoms with van der Waals surface area (Å²) in [4.78, 5) is 17.7. The van der Waals surface area contributed by atoms with Crippen molar-refractivity contribution in [2.75, 3.05) is 19.4 Å². The Labute approximate surface area is 127 Å². The Morgan fingerprint density at radius 3 is 2.67 bits per heavy atom. The number of pyridine rings is 1. The van der Waals surface area contributed by atoms with Crippen LogP contribution in [0.4, 0.5) is 5.69 Å². The Bertz CT molecular complexity index is 465. The van der Waals surface area contributed by atoms with Crippen molar-refractivity contribution in [2.24, 2.45) is 5.92 Å². The fourth-order valence-corrected chi connectivity index (χ4v) is 3.11. The minimum Gasteiger partial charge on any atom is -0.382 e. The van der Waals surface area contributed by atoms with Crippen LogP contribution in [0.25, 0.3) is 0 Å². The molecule has 116 valence electrons. The highest BCUT2D eigenvalue weighted by Gasteiger charge is 2.20. The standard InChI is InChI=1S/C17H27N3O/c1-4-5-13-6-8-14(9-7-13)19-15-10-11-18-16(12-15)17(21)20(2)3/h10-14H,4-9H2,1-3H3,(H,18,19). The fourth-order valence-electron chi connectivity index (χ4n) is 3.11. The number of hydrogen-bond donors (Lipinski definition) is 1. The van der Waals surface area contributed by atoms with Gasteiger partial charge >= 0.3 is 0 Å². The Balaban J connectivity index is 1.92. The molecule has 21 heavy (non-hydrogen) atoms. The zero-order chi connectivity index (χ0) is 15.2. The van der Waals surface area contributed by atoms with Crippen molar-refractivity contribution in [3.63, 3.8) is 0 Å². The largest absolute Gasteiger partial charge is 0.382 e. The number of rotatable bonds is 5. The highest BCUT2D eigenvalue weighted by atomic mass is 16.2.